The largest absolute Gasteiger partial charge is 0.497 e. The van der Waals surface area contributed by atoms with Crippen molar-refractivity contribution in [1.29, 1.82) is 0 Å². The first-order valence-electron chi connectivity index (χ1n) is 10.2. The number of ether oxygens (including phenoxy) is 1. The van der Waals surface area contributed by atoms with Gasteiger partial charge >= 0.3 is 0 Å². The molecular weight excluding hydrogens is 388 g/mol. The predicted molar refractivity (Wildman–Crippen MR) is 119 cm³/mol. The molecule has 164 valence electrons. The summed E-state index contributed by atoms with van der Waals surface area (Å²) in [4.78, 5) is 8.86. The molecule has 0 spiro atoms. The Bertz CT molecular complexity index is 804. The molecule has 1 fully saturated rings. The average Bonchev–Trinajstić information content (AvgIpc) is 2.70. The summed E-state index contributed by atoms with van der Waals surface area (Å²) in [6.07, 6.45) is 0. The molecule has 1 N–H and O–H groups in total. The van der Waals surface area contributed by atoms with Crippen LogP contribution in [0.5, 0.6) is 5.75 Å². The highest BCUT2D eigenvalue weighted by atomic mass is 32.2. The van der Waals surface area contributed by atoms with Crippen molar-refractivity contribution in [1.82, 2.24) is 15.1 Å². The zero-order chi connectivity index (χ0) is 21.7. The molecule has 1 aliphatic rings. The van der Waals surface area contributed by atoms with E-state index < -0.39 is 14.6 Å². The minimum absolute atomic E-state index is 0.149. The third-order valence-electron chi connectivity index (χ3n) is 5.74. The Labute approximate surface area is 176 Å². The summed E-state index contributed by atoms with van der Waals surface area (Å²) in [5, 5.41) is 3.49. The summed E-state index contributed by atoms with van der Waals surface area (Å²) >= 11 is 0. The van der Waals surface area contributed by atoms with Crippen LogP contribution in [0.15, 0.2) is 29.3 Å². The summed E-state index contributed by atoms with van der Waals surface area (Å²) in [5.74, 6) is 1.73. The van der Waals surface area contributed by atoms with Crippen LogP contribution in [0.3, 0.4) is 0 Å². The van der Waals surface area contributed by atoms with Crippen LogP contribution < -0.4 is 10.1 Å². The summed E-state index contributed by atoms with van der Waals surface area (Å²) in [6, 6.07) is 8.30. The van der Waals surface area contributed by atoms with Crippen LogP contribution in [-0.2, 0) is 9.84 Å². The first kappa shape index (κ1) is 23.5. The van der Waals surface area contributed by atoms with E-state index in [-0.39, 0.29) is 11.8 Å². The lowest BCUT2D eigenvalue weighted by Gasteiger charge is -2.40. The van der Waals surface area contributed by atoms with Crippen molar-refractivity contribution in [2.45, 2.75) is 38.5 Å². The van der Waals surface area contributed by atoms with Gasteiger partial charge in [-0.2, -0.15) is 0 Å². The predicted octanol–water partition coefficient (Wildman–Crippen LogP) is 2.16. The molecule has 1 unspecified atom stereocenters. The molecule has 0 aliphatic carbocycles. The van der Waals surface area contributed by atoms with Gasteiger partial charge in [-0.05, 0) is 44.6 Å². The maximum Gasteiger partial charge on any atom is 0.193 e. The van der Waals surface area contributed by atoms with E-state index in [1.54, 1.807) is 28.0 Å². The molecule has 1 saturated heterocycles. The zero-order valence-corrected chi connectivity index (χ0v) is 19.4. The number of hydrogen-bond acceptors (Lipinski definition) is 5. The second-order valence-electron chi connectivity index (χ2n) is 7.94. The fourth-order valence-corrected chi connectivity index (χ4v) is 5.18. The molecule has 1 aromatic carbocycles. The second-order valence-corrected chi connectivity index (χ2v) is 10.7. The van der Waals surface area contributed by atoms with Crippen LogP contribution in [0.4, 0.5) is 0 Å². The van der Waals surface area contributed by atoms with Crippen molar-refractivity contribution < 1.29 is 13.2 Å². The maximum atomic E-state index is 12.3. The topological polar surface area (TPSA) is 74.2 Å². The van der Waals surface area contributed by atoms with Crippen LogP contribution in [0, 0.1) is 0 Å². The SMILES string of the molecule is CCN(CC)C(CNC(=NC)N1CCS(=O)(=O)C(C)(C)C1)c1cccc(OC)c1. The van der Waals surface area contributed by atoms with Gasteiger partial charge in [0.05, 0.1) is 23.7 Å². The Hall–Kier alpha value is -1.80. The number of nitrogens with one attached hydrogen (secondary N) is 1. The van der Waals surface area contributed by atoms with Gasteiger partial charge in [-0.15, -0.1) is 0 Å². The van der Waals surface area contributed by atoms with Crippen LogP contribution in [0.25, 0.3) is 0 Å². The van der Waals surface area contributed by atoms with Gasteiger partial charge in [-0.3, -0.25) is 9.89 Å². The summed E-state index contributed by atoms with van der Waals surface area (Å²) in [7, 11) is 0.339. The smallest absolute Gasteiger partial charge is 0.193 e. The van der Waals surface area contributed by atoms with Crippen molar-refractivity contribution in [3.63, 3.8) is 0 Å². The van der Waals surface area contributed by atoms with Gasteiger partial charge in [-0.1, -0.05) is 26.0 Å². The molecular formula is C21H36N4O3S. The highest BCUT2D eigenvalue weighted by Crippen LogP contribution is 2.25. The molecule has 0 bridgehead atoms. The van der Waals surface area contributed by atoms with E-state index in [0.717, 1.165) is 24.8 Å². The standard InChI is InChI=1S/C21H36N4O3S/c1-7-24(8-2)19(17-10-9-11-18(14-17)28-6)15-23-20(22-5)25-12-13-29(26,27)21(3,4)16-25/h9-11,14,19H,7-8,12-13,15-16H2,1-6H3,(H,22,23). The Morgan fingerprint density at radius 2 is 2.03 bits per heavy atom. The second kappa shape index (κ2) is 9.80. The molecule has 7 nitrogen and oxygen atoms in total. The average molecular weight is 425 g/mol. The molecule has 1 atom stereocenters. The quantitative estimate of drug-likeness (QED) is 0.534. The molecule has 1 heterocycles. The molecule has 1 aliphatic heterocycles. The third kappa shape index (κ3) is 5.42. The lowest BCUT2D eigenvalue weighted by Crippen LogP contribution is -2.57. The number of guanidine groups is 1. The zero-order valence-electron chi connectivity index (χ0n) is 18.6. The minimum Gasteiger partial charge on any atom is -0.497 e. The monoisotopic (exact) mass is 424 g/mol. The Morgan fingerprint density at radius 1 is 1.34 bits per heavy atom. The lowest BCUT2D eigenvalue weighted by atomic mass is 10.0. The van der Waals surface area contributed by atoms with Crippen LogP contribution in [-0.4, -0.2) is 81.6 Å². The first-order chi connectivity index (χ1) is 13.7. The molecule has 0 aromatic heterocycles. The minimum atomic E-state index is -3.09. The van der Waals surface area contributed by atoms with Crippen molar-refractivity contribution in [3.05, 3.63) is 29.8 Å². The van der Waals surface area contributed by atoms with Crippen molar-refractivity contribution >= 4 is 15.8 Å². The van der Waals surface area contributed by atoms with Crippen molar-refractivity contribution in [2.75, 3.05) is 52.6 Å². The van der Waals surface area contributed by atoms with Gasteiger partial charge in [0.25, 0.3) is 0 Å². The number of benzene rings is 1. The van der Waals surface area contributed by atoms with E-state index in [0.29, 0.717) is 19.6 Å². The summed E-state index contributed by atoms with van der Waals surface area (Å²) in [5.41, 5.74) is 1.18. The lowest BCUT2D eigenvalue weighted by molar-refractivity contribution is 0.216. The van der Waals surface area contributed by atoms with E-state index in [1.807, 2.05) is 17.0 Å². The van der Waals surface area contributed by atoms with Gasteiger partial charge in [0.1, 0.15) is 5.75 Å². The number of hydrogen-bond donors (Lipinski definition) is 1. The van der Waals surface area contributed by atoms with E-state index in [2.05, 4.69) is 41.2 Å². The van der Waals surface area contributed by atoms with E-state index in [1.165, 1.54) is 5.56 Å². The molecule has 1 aromatic rings. The molecule has 0 amide bonds. The van der Waals surface area contributed by atoms with Gasteiger partial charge in [0.2, 0.25) is 0 Å². The Kier molecular flexibility index (Phi) is 7.94. The molecule has 8 heteroatoms. The normalized spacial score (nSPS) is 19.8. The van der Waals surface area contributed by atoms with Gasteiger partial charge in [0, 0.05) is 26.7 Å². The number of sulfone groups is 1. The third-order valence-corrected chi connectivity index (χ3v) is 8.27. The van der Waals surface area contributed by atoms with Gasteiger partial charge in [-0.25, -0.2) is 8.42 Å². The molecule has 0 radical (unpaired) electrons. The highest BCUT2D eigenvalue weighted by Gasteiger charge is 2.41. The maximum absolute atomic E-state index is 12.3. The highest BCUT2D eigenvalue weighted by molar-refractivity contribution is 7.92. The van der Waals surface area contributed by atoms with E-state index >= 15 is 0 Å². The molecule has 0 saturated carbocycles. The van der Waals surface area contributed by atoms with Crippen LogP contribution >= 0.6 is 0 Å². The number of rotatable bonds is 7. The van der Waals surface area contributed by atoms with E-state index in [4.69, 9.17) is 4.74 Å². The fraction of sp³-hybridized carbons (Fsp3) is 0.667. The van der Waals surface area contributed by atoms with Crippen LogP contribution in [0.1, 0.15) is 39.3 Å². The molecule has 2 rings (SSSR count). The number of likely N-dealkylation sites (N-methyl/N-ethyl adjacent to an activating group) is 1. The van der Waals surface area contributed by atoms with Crippen LogP contribution in [0.2, 0.25) is 0 Å². The Balaban J connectivity index is 2.18. The van der Waals surface area contributed by atoms with Gasteiger partial charge < -0.3 is 15.0 Å². The summed E-state index contributed by atoms with van der Waals surface area (Å²) in [6.45, 7) is 11.3. The van der Waals surface area contributed by atoms with Crippen molar-refractivity contribution in [2.24, 2.45) is 4.99 Å². The number of nitrogens with zero attached hydrogens (tertiary/aromatic N) is 3. The Morgan fingerprint density at radius 3 is 2.59 bits per heavy atom. The number of aliphatic imine (C=N–C) groups is 1. The van der Waals surface area contributed by atoms with Gasteiger partial charge in [0.15, 0.2) is 15.8 Å². The van der Waals surface area contributed by atoms with E-state index in [9.17, 15) is 8.42 Å². The molecule has 29 heavy (non-hydrogen) atoms. The summed E-state index contributed by atoms with van der Waals surface area (Å²) < 4.78 is 29.3. The van der Waals surface area contributed by atoms with Crippen molar-refractivity contribution in [3.8, 4) is 5.75 Å². The number of methoxy groups -OCH3 is 1. The first-order valence-corrected chi connectivity index (χ1v) is 11.9. The fourth-order valence-electron chi connectivity index (χ4n) is 3.82.